The van der Waals surface area contributed by atoms with E-state index >= 15 is 0 Å². The third-order valence-electron chi connectivity index (χ3n) is 3.87. The molecule has 21 heavy (non-hydrogen) atoms. The van der Waals surface area contributed by atoms with Gasteiger partial charge in [0.2, 0.25) is 0 Å². The van der Waals surface area contributed by atoms with E-state index in [0.29, 0.717) is 19.1 Å². The molecule has 2 aliphatic heterocycles. The van der Waals surface area contributed by atoms with Crippen LogP contribution in [-0.4, -0.2) is 52.0 Å². The van der Waals surface area contributed by atoms with E-state index in [4.69, 9.17) is 0 Å². The number of anilines is 2. The Hall–Kier alpha value is -2.64. The van der Waals surface area contributed by atoms with Crippen molar-refractivity contribution in [2.75, 3.05) is 36.0 Å². The van der Waals surface area contributed by atoms with Crippen LogP contribution in [-0.2, 0) is 0 Å². The number of nitrogens with zero attached hydrogens (tertiary/aromatic N) is 6. The molecule has 2 saturated heterocycles. The number of amides is 2. The molecule has 0 aliphatic carbocycles. The summed E-state index contributed by atoms with van der Waals surface area (Å²) in [6, 6.07) is 0.260. The molecule has 2 aliphatic rings. The first kappa shape index (κ1) is 12.1. The van der Waals surface area contributed by atoms with Gasteiger partial charge in [0.25, 0.3) is 0 Å². The first-order chi connectivity index (χ1) is 10.3. The fourth-order valence-electron chi connectivity index (χ4n) is 2.65. The second-order valence-electron chi connectivity index (χ2n) is 5.18. The minimum atomic E-state index is -0.0515. The second-order valence-corrected chi connectivity index (χ2v) is 5.18. The Morgan fingerprint density at radius 2 is 2.14 bits per heavy atom. The lowest BCUT2D eigenvalue weighted by molar-refractivity contribution is 0.252. The molecule has 2 aromatic heterocycles. The zero-order valence-corrected chi connectivity index (χ0v) is 11.4. The summed E-state index contributed by atoms with van der Waals surface area (Å²) in [5, 5.41) is 7.17. The largest absolute Gasteiger partial charge is 0.351 e. The Labute approximate surface area is 121 Å². The summed E-state index contributed by atoms with van der Waals surface area (Å²) in [4.78, 5) is 23.8. The Bertz CT molecular complexity index is 650. The molecule has 2 aromatic rings. The third kappa shape index (κ3) is 2.08. The Morgan fingerprint density at radius 3 is 2.86 bits per heavy atom. The molecule has 0 saturated carbocycles. The topological polar surface area (TPSA) is 79.2 Å². The van der Waals surface area contributed by atoms with Crippen LogP contribution in [0, 0.1) is 0 Å². The lowest BCUT2D eigenvalue weighted by Crippen LogP contribution is -2.48. The summed E-state index contributed by atoms with van der Waals surface area (Å²) in [7, 11) is 0. The van der Waals surface area contributed by atoms with Crippen LogP contribution in [0.5, 0.6) is 0 Å². The predicted molar refractivity (Wildman–Crippen MR) is 76.3 cm³/mol. The van der Waals surface area contributed by atoms with Crippen molar-refractivity contribution in [3.63, 3.8) is 0 Å². The summed E-state index contributed by atoms with van der Waals surface area (Å²) in [5.74, 6) is 0.889. The molecule has 2 amide bonds. The fourth-order valence-corrected chi connectivity index (χ4v) is 2.65. The number of rotatable bonds is 3. The molecule has 8 nitrogen and oxygen atoms in total. The molecule has 8 heteroatoms. The maximum Gasteiger partial charge on any atom is 0.322 e. The van der Waals surface area contributed by atoms with E-state index in [9.17, 15) is 4.79 Å². The SMILES string of the molecule is O=C1NCCN1c1cnn(C2CN(c3cnccn3)C2)c1. The van der Waals surface area contributed by atoms with Gasteiger partial charge in [0.05, 0.1) is 24.1 Å². The average molecular weight is 285 g/mol. The number of nitrogens with one attached hydrogen (secondary N) is 1. The monoisotopic (exact) mass is 285 g/mol. The van der Waals surface area contributed by atoms with E-state index in [0.717, 1.165) is 24.6 Å². The van der Waals surface area contributed by atoms with Crippen LogP contribution in [0.15, 0.2) is 31.0 Å². The first-order valence-corrected chi connectivity index (χ1v) is 6.92. The molecular formula is C13H15N7O. The molecule has 0 spiro atoms. The highest BCUT2D eigenvalue weighted by Gasteiger charge is 2.31. The second kappa shape index (κ2) is 4.72. The quantitative estimate of drug-likeness (QED) is 0.875. The number of urea groups is 1. The van der Waals surface area contributed by atoms with Crippen molar-refractivity contribution in [2.45, 2.75) is 6.04 Å². The Balaban J connectivity index is 1.43. The zero-order valence-electron chi connectivity index (χ0n) is 11.4. The van der Waals surface area contributed by atoms with Gasteiger partial charge in [-0.15, -0.1) is 0 Å². The highest BCUT2D eigenvalue weighted by Crippen LogP contribution is 2.26. The number of carbonyl (C=O) groups is 1. The summed E-state index contributed by atoms with van der Waals surface area (Å²) in [6.07, 6.45) is 8.81. The van der Waals surface area contributed by atoms with Gasteiger partial charge in [0, 0.05) is 44.8 Å². The van der Waals surface area contributed by atoms with Gasteiger partial charge in [0.1, 0.15) is 5.82 Å². The number of carbonyl (C=O) groups excluding carboxylic acids is 1. The van der Waals surface area contributed by atoms with Crippen molar-refractivity contribution >= 4 is 17.5 Å². The predicted octanol–water partition coefficient (Wildman–Crippen LogP) is 0.264. The summed E-state index contributed by atoms with van der Waals surface area (Å²) >= 11 is 0. The maximum atomic E-state index is 11.6. The number of hydrogen-bond donors (Lipinski definition) is 1. The minimum absolute atomic E-state index is 0.0515. The van der Waals surface area contributed by atoms with Gasteiger partial charge in [-0.1, -0.05) is 0 Å². The summed E-state index contributed by atoms with van der Waals surface area (Å²) < 4.78 is 1.92. The van der Waals surface area contributed by atoms with Crippen molar-refractivity contribution in [2.24, 2.45) is 0 Å². The fraction of sp³-hybridized carbons (Fsp3) is 0.385. The Morgan fingerprint density at radius 1 is 1.24 bits per heavy atom. The van der Waals surface area contributed by atoms with E-state index in [2.05, 4.69) is 25.3 Å². The molecule has 0 atom stereocenters. The zero-order chi connectivity index (χ0) is 14.2. The number of aromatic nitrogens is 4. The van der Waals surface area contributed by atoms with Gasteiger partial charge in [-0.05, 0) is 0 Å². The smallest absolute Gasteiger partial charge is 0.322 e. The van der Waals surface area contributed by atoms with Gasteiger partial charge in [0.15, 0.2) is 0 Å². The van der Waals surface area contributed by atoms with E-state index in [1.54, 1.807) is 29.7 Å². The van der Waals surface area contributed by atoms with Crippen LogP contribution >= 0.6 is 0 Å². The Kier molecular flexibility index (Phi) is 2.73. The summed E-state index contributed by atoms with van der Waals surface area (Å²) in [6.45, 7) is 3.09. The van der Waals surface area contributed by atoms with Gasteiger partial charge in [-0.3, -0.25) is 14.6 Å². The third-order valence-corrected chi connectivity index (χ3v) is 3.87. The van der Waals surface area contributed by atoms with E-state index in [1.165, 1.54) is 0 Å². The number of hydrogen-bond acceptors (Lipinski definition) is 5. The molecule has 2 fully saturated rings. The minimum Gasteiger partial charge on any atom is -0.351 e. The molecule has 108 valence electrons. The van der Waals surface area contributed by atoms with Gasteiger partial charge in [-0.25, -0.2) is 9.78 Å². The van der Waals surface area contributed by atoms with Crippen molar-refractivity contribution in [3.05, 3.63) is 31.0 Å². The molecule has 0 aromatic carbocycles. The first-order valence-electron chi connectivity index (χ1n) is 6.92. The normalized spacial score (nSPS) is 18.8. The highest BCUT2D eigenvalue weighted by molar-refractivity contribution is 5.93. The molecular weight excluding hydrogens is 270 g/mol. The molecule has 0 bridgehead atoms. The van der Waals surface area contributed by atoms with E-state index < -0.39 is 0 Å². The van der Waals surface area contributed by atoms with Crippen LogP contribution in [0.3, 0.4) is 0 Å². The van der Waals surface area contributed by atoms with Crippen LogP contribution in [0.2, 0.25) is 0 Å². The molecule has 4 rings (SSSR count). The van der Waals surface area contributed by atoms with Crippen molar-refractivity contribution in [1.29, 1.82) is 0 Å². The van der Waals surface area contributed by atoms with Gasteiger partial charge in [-0.2, -0.15) is 5.10 Å². The maximum absolute atomic E-state index is 11.6. The molecule has 1 N–H and O–H groups in total. The lowest BCUT2D eigenvalue weighted by Gasteiger charge is -2.39. The summed E-state index contributed by atoms with van der Waals surface area (Å²) in [5.41, 5.74) is 0.850. The van der Waals surface area contributed by atoms with Crippen molar-refractivity contribution in [1.82, 2.24) is 25.1 Å². The molecule has 0 unspecified atom stereocenters. The van der Waals surface area contributed by atoms with Crippen LogP contribution in [0.4, 0.5) is 16.3 Å². The molecule has 0 radical (unpaired) electrons. The van der Waals surface area contributed by atoms with Crippen LogP contribution in [0.1, 0.15) is 6.04 Å². The van der Waals surface area contributed by atoms with Gasteiger partial charge >= 0.3 is 6.03 Å². The molecule has 4 heterocycles. The van der Waals surface area contributed by atoms with Crippen LogP contribution < -0.4 is 15.1 Å². The van der Waals surface area contributed by atoms with E-state index in [1.807, 2.05) is 10.9 Å². The lowest BCUT2D eigenvalue weighted by atomic mass is 10.1. The van der Waals surface area contributed by atoms with E-state index in [-0.39, 0.29) is 6.03 Å². The average Bonchev–Trinajstić information content (AvgIpc) is 3.07. The van der Waals surface area contributed by atoms with Crippen LogP contribution in [0.25, 0.3) is 0 Å². The standard InChI is InChI=1S/C13H15N7O/c21-13-16-3-4-19(13)10-5-17-20(9-10)11-7-18(8-11)12-6-14-1-2-15-12/h1-2,5-6,9,11H,3-4,7-8H2,(H,16,21). The van der Waals surface area contributed by atoms with Crippen molar-refractivity contribution < 1.29 is 4.79 Å². The van der Waals surface area contributed by atoms with Crippen molar-refractivity contribution in [3.8, 4) is 0 Å². The highest BCUT2D eigenvalue weighted by atomic mass is 16.2. The van der Waals surface area contributed by atoms with Gasteiger partial charge < -0.3 is 10.2 Å².